The standard InChI is InChI=1S/C8H10FN3O3/c1-2-3-4-15-6-5-10-8(12(13)14)7(9)11-6/h5H,2-4H2,1H3. The summed E-state index contributed by atoms with van der Waals surface area (Å²) in [5.74, 6) is -2.15. The van der Waals surface area contributed by atoms with Gasteiger partial charge in [-0.2, -0.15) is 9.37 Å². The van der Waals surface area contributed by atoms with Crippen molar-refractivity contribution in [3.8, 4) is 5.88 Å². The van der Waals surface area contributed by atoms with Crippen LogP contribution in [0.3, 0.4) is 0 Å². The van der Waals surface area contributed by atoms with E-state index in [1.807, 2.05) is 6.92 Å². The molecule has 0 unspecified atom stereocenters. The van der Waals surface area contributed by atoms with Crippen LogP contribution in [0.15, 0.2) is 6.20 Å². The van der Waals surface area contributed by atoms with Crippen LogP contribution in [0.4, 0.5) is 10.2 Å². The van der Waals surface area contributed by atoms with Crippen LogP contribution in [0.2, 0.25) is 0 Å². The molecule has 82 valence electrons. The lowest BCUT2D eigenvalue weighted by Crippen LogP contribution is -2.03. The Morgan fingerprint density at radius 2 is 2.40 bits per heavy atom. The largest absolute Gasteiger partial charge is 0.475 e. The highest BCUT2D eigenvalue weighted by atomic mass is 19.1. The summed E-state index contributed by atoms with van der Waals surface area (Å²) < 4.78 is 17.9. The van der Waals surface area contributed by atoms with Crippen molar-refractivity contribution in [1.82, 2.24) is 9.97 Å². The summed E-state index contributed by atoms with van der Waals surface area (Å²) in [5, 5.41) is 10.2. The monoisotopic (exact) mass is 215 g/mol. The highest BCUT2D eigenvalue weighted by Crippen LogP contribution is 2.14. The van der Waals surface area contributed by atoms with Crippen molar-refractivity contribution in [1.29, 1.82) is 0 Å². The van der Waals surface area contributed by atoms with E-state index in [-0.39, 0.29) is 5.88 Å². The Kier molecular flexibility index (Phi) is 3.90. The van der Waals surface area contributed by atoms with Crippen LogP contribution in [0.1, 0.15) is 19.8 Å². The van der Waals surface area contributed by atoms with Gasteiger partial charge in [-0.15, -0.1) is 0 Å². The van der Waals surface area contributed by atoms with Gasteiger partial charge in [-0.25, -0.2) is 0 Å². The molecule has 0 saturated heterocycles. The smallest absolute Gasteiger partial charge is 0.419 e. The summed E-state index contributed by atoms with van der Waals surface area (Å²) in [4.78, 5) is 15.9. The molecule has 0 aromatic carbocycles. The van der Waals surface area contributed by atoms with Crippen LogP contribution in [-0.4, -0.2) is 21.5 Å². The van der Waals surface area contributed by atoms with E-state index >= 15 is 0 Å². The fourth-order valence-corrected chi connectivity index (χ4v) is 0.858. The van der Waals surface area contributed by atoms with E-state index in [4.69, 9.17) is 4.74 Å². The van der Waals surface area contributed by atoms with Gasteiger partial charge in [0.2, 0.25) is 6.20 Å². The number of aromatic nitrogens is 2. The maximum atomic E-state index is 12.9. The molecule has 1 rings (SSSR count). The van der Waals surface area contributed by atoms with Crippen LogP contribution in [0.5, 0.6) is 5.88 Å². The second-order valence-corrected chi connectivity index (χ2v) is 2.78. The summed E-state index contributed by atoms with van der Waals surface area (Å²) in [6.07, 6.45) is 2.78. The van der Waals surface area contributed by atoms with E-state index in [9.17, 15) is 14.5 Å². The minimum atomic E-state index is -1.23. The first kappa shape index (κ1) is 11.3. The highest BCUT2D eigenvalue weighted by molar-refractivity contribution is 5.19. The van der Waals surface area contributed by atoms with Gasteiger partial charge in [0.25, 0.3) is 5.88 Å². The molecule has 0 fully saturated rings. The zero-order valence-electron chi connectivity index (χ0n) is 8.14. The molecule has 1 aromatic heterocycles. The first-order valence-corrected chi connectivity index (χ1v) is 4.45. The van der Waals surface area contributed by atoms with Gasteiger partial charge in [-0.1, -0.05) is 13.3 Å². The average molecular weight is 215 g/mol. The number of hydrogen-bond donors (Lipinski definition) is 0. The molecule has 0 N–H and O–H groups in total. The maximum Gasteiger partial charge on any atom is 0.419 e. The molecule has 0 aliphatic heterocycles. The Morgan fingerprint density at radius 3 is 2.93 bits per heavy atom. The normalized spacial score (nSPS) is 10.0. The molecule has 0 aliphatic carbocycles. The molecule has 0 aliphatic rings. The second kappa shape index (κ2) is 5.18. The van der Waals surface area contributed by atoms with Crippen LogP contribution >= 0.6 is 0 Å². The van der Waals surface area contributed by atoms with E-state index in [2.05, 4.69) is 9.97 Å². The summed E-state index contributed by atoms with van der Waals surface area (Å²) in [6.45, 7) is 2.37. The van der Waals surface area contributed by atoms with Gasteiger partial charge in [-0.3, -0.25) is 0 Å². The predicted octanol–water partition coefficient (Wildman–Crippen LogP) is 1.70. The van der Waals surface area contributed by atoms with Gasteiger partial charge in [0.05, 0.1) is 6.61 Å². The van der Waals surface area contributed by atoms with E-state index in [1.165, 1.54) is 0 Å². The van der Waals surface area contributed by atoms with Gasteiger partial charge < -0.3 is 14.9 Å². The number of halogens is 1. The van der Waals surface area contributed by atoms with E-state index in [0.717, 1.165) is 19.0 Å². The molecule has 6 nitrogen and oxygen atoms in total. The van der Waals surface area contributed by atoms with Crippen molar-refractivity contribution in [3.63, 3.8) is 0 Å². The van der Waals surface area contributed by atoms with Crippen molar-refractivity contribution in [3.05, 3.63) is 22.3 Å². The fourth-order valence-electron chi connectivity index (χ4n) is 0.858. The molecule has 0 amide bonds. The number of nitro groups is 1. The topological polar surface area (TPSA) is 78.2 Å². The predicted molar refractivity (Wildman–Crippen MR) is 49.0 cm³/mol. The number of ether oxygens (including phenoxy) is 1. The molecule has 0 bridgehead atoms. The molecule has 0 atom stereocenters. The van der Waals surface area contributed by atoms with Crippen molar-refractivity contribution in [2.75, 3.05) is 6.61 Å². The van der Waals surface area contributed by atoms with Crippen molar-refractivity contribution in [2.24, 2.45) is 0 Å². The minimum Gasteiger partial charge on any atom is -0.475 e. The number of hydrogen-bond acceptors (Lipinski definition) is 5. The number of unbranched alkanes of at least 4 members (excludes halogenated alkanes) is 1. The lowest BCUT2D eigenvalue weighted by Gasteiger charge is -2.01. The third kappa shape index (κ3) is 3.12. The van der Waals surface area contributed by atoms with Gasteiger partial charge in [0, 0.05) is 0 Å². The highest BCUT2D eigenvalue weighted by Gasteiger charge is 2.18. The Bertz CT molecular complexity index is 359. The number of nitrogens with zero attached hydrogens (tertiary/aromatic N) is 3. The first-order chi connectivity index (χ1) is 7.15. The Balaban J connectivity index is 2.69. The molecule has 1 heterocycles. The lowest BCUT2D eigenvalue weighted by molar-refractivity contribution is -0.392. The zero-order chi connectivity index (χ0) is 11.3. The third-order valence-corrected chi connectivity index (χ3v) is 1.61. The van der Waals surface area contributed by atoms with Crippen LogP contribution in [0.25, 0.3) is 0 Å². The molecule has 0 radical (unpaired) electrons. The first-order valence-electron chi connectivity index (χ1n) is 4.45. The quantitative estimate of drug-likeness (QED) is 0.424. The molecule has 1 aromatic rings. The molecular formula is C8H10FN3O3. The lowest BCUT2D eigenvalue weighted by atomic mass is 10.4. The summed E-state index contributed by atoms with van der Waals surface area (Å²) in [6, 6.07) is 0. The van der Waals surface area contributed by atoms with Gasteiger partial charge in [0.15, 0.2) is 0 Å². The number of rotatable bonds is 5. The van der Waals surface area contributed by atoms with Crippen molar-refractivity contribution in [2.45, 2.75) is 19.8 Å². The Labute approximate surface area is 85.3 Å². The summed E-state index contributed by atoms with van der Waals surface area (Å²) in [5.41, 5.74) is 0. The summed E-state index contributed by atoms with van der Waals surface area (Å²) in [7, 11) is 0. The summed E-state index contributed by atoms with van der Waals surface area (Å²) >= 11 is 0. The van der Waals surface area contributed by atoms with Crippen molar-refractivity contribution < 1.29 is 14.1 Å². The van der Waals surface area contributed by atoms with Gasteiger partial charge in [-0.05, 0) is 16.3 Å². The van der Waals surface area contributed by atoms with Gasteiger partial charge in [0.1, 0.15) is 0 Å². The maximum absolute atomic E-state index is 12.9. The van der Waals surface area contributed by atoms with Gasteiger partial charge >= 0.3 is 11.8 Å². The van der Waals surface area contributed by atoms with E-state index in [1.54, 1.807) is 0 Å². The fraction of sp³-hybridized carbons (Fsp3) is 0.500. The zero-order valence-corrected chi connectivity index (χ0v) is 8.14. The second-order valence-electron chi connectivity index (χ2n) is 2.78. The van der Waals surface area contributed by atoms with E-state index < -0.39 is 16.7 Å². The minimum absolute atomic E-state index is 0.0356. The Morgan fingerprint density at radius 1 is 1.67 bits per heavy atom. The van der Waals surface area contributed by atoms with Crippen LogP contribution in [-0.2, 0) is 0 Å². The molecule has 15 heavy (non-hydrogen) atoms. The average Bonchev–Trinajstić information content (AvgIpc) is 2.17. The molecular weight excluding hydrogens is 205 g/mol. The van der Waals surface area contributed by atoms with Crippen LogP contribution < -0.4 is 4.74 Å². The molecule has 0 saturated carbocycles. The van der Waals surface area contributed by atoms with Crippen molar-refractivity contribution >= 4 is 5.82 Å². The third-order valence-electron chi connectivity index (χ3n) is 1.61. The van der Waals surface area contributed by atoms with Crippen LogP contribution in [0, 0.1) is 16.1 Å². The van der Waals surface area contributed by atoms with E-state index in [0.29, 0.717) is 6.61 Å². The Hall–Kier alpha value is -1.79. The molecule has 0 spiro atoms. The SMILES string of the molecule is CCCCOc1cnc([N+](=O)[O-])c(F)n1. The molecule has 7 heteroatoms.